The third-order valence-electron chi connectivity index (χ3n) is 5.71. The first-order valence-electron chi connectivity index (χ1n) is 10.4. The number of sulfone groups is 1. The van der Waals surface area contributed by atoms with Crippen molar-refractivity contribution in [2.75, 3.05) is 43.9 Å². The van der Waals surface area contributed by atoms with E-state index >= 15 is 0 Å². The van der Waals surface area contributed by atoms with Gasteiger partial charge in [0.25, 0.3) is 5.91 Å². The van der Waals surface area contributed by atoms with E-state index in [0.29, 0.717) is 55.6 Å². The molecule has 1 amide bonds. The van der Waals surface area contributed by atoms with Gasteiger partial charge in [0.1, 0.15) is 5.75 Å². The molecule has 0 bridgehead atoms. The van der Waals surface area contributed by atoms with E-state index in [1.807, 2.05) is 12.1 Å². The number of ether oxygens (including phenoxy) is 1. The number of amides is 1. The predicted molar refractivity (Wildman–Crippen MR) is 117 cm³/mol. The zero-order valence-corrected chi connectivity index (χ0v) is 18.3. The molecule has 1 saturated heterocycles. The maximum absolute atomic E-state index is 13.3. The second-order valence-corrected chi connectivity index (χ2v) is 10.1. The molecule has 7 nitrogen and oxygen atoms in total. The van der Waals surface area contributed by atoms with Gasteiger partial charge in [-0.2, -0.15) is 5.26 Å². The van der Waals surface area contributed by atoms with Crippen LogP contribution >= 0.6 is 0 Å². The van der Waals surface area contributed by atoms with Gasteiger partial charge in [0.05, 0.1) is 28.7 Å². The molecule has 0 atom stereocenters. The maximum Gasteiger partial charge on any atom is 0.257 e. The molecular weight excluding hydrogens is 414 g/mol. The van der Waals surface area contributed by atoms with Crippen LogP contribution < -0.4 is 9.64 Å². The number of hydrogen-bond donors (Lipinski definition) is 0. The number of carbonyl (C=O) groups is 1. The summed E-state index contributed by atoms with van der Waals surface area (Å²) in [6.07, 6.45) is 3.39. The molecule has 162 valence electrons. The maximum atomic E-state index is 13.3. The van der Waals surface area contributed by atoms with Crippen LogP contribution in [0.1, 0.15) is 28.8 Å². The summed E-state index contributed by atoms with van der Waals surface area (Å²) in [5, 5.41) is 8.95. The average Bonchev–Trinajstić information content (AvgIpc) is 3.61. The molecule has 2 fully saturated rings. The minimum Gasteiger partial charge on any atom is -0.492 e. The topological polar surface area (TPSA) is 90.7 Å². The molecule has 2 aromatic carbocycles. The smallest absolute Gasteiger partial charge is 0.257 e. The minimum absolute atomic E-state index is 0.117. The van der Waals surface area contributed by atoms with Crippen LogP contribution in [-0.2, 0) is 9.84 Å². The SMILES string of the molecule is CS(=O)(=O)c1ccc(OCC2CC2)c(C(=O)N2CCN(c3ccc(C#N)cc3)CC2)c1. The second-order valence-electron chi connectivity index (χ2n) is 8.12. The van der Waals surface area contributed by atoms with E-state index in [1.165, 1.54) is 12.1 Å². The molecule has 0 N–H and O–H groups in total. The molecule has 31 heavy (non-hydrogen) atoms. The van der Waals surface area contributed by atoms with E-state index in [4.69, 9.17) is 10.00 Å². The Balaban J connectivity index is 1.49. The van der Waals surface area contributed by atoms with Crippen LogP contribution in [0.15, 0.2) is 47.4 Å². The Kier molecular flexibility index (Phi) is 5.88. The Morgan fingerprint density at radius 1 is 1.10 bits per heavy atom. The molecule has 1 aliphatic carbocycles. The molecule has 8 heteroatoms. The van der Waals surface area contributed by atoms with Crippen molar-refractivity contribution in [1.29, 1.82) is 5.26 Å². The highest BCUT2D eigenvalue weighted by atomic mass is 32.2. The first-order chi connectivity index (χ1) is 14.8. The van der Waals surface area contributed by atoms with Gasteiger partial charge in [-0.3, -0.25) is 4.79 Å². The summed E-state index contributed by atoms with van der Waals surface area (Å²) in [4.78, 5) is 17.3. The fourth-order valence-electron chi connectivity index (χ4n) is 3.61. The van der Waals surface area contributed by atoms with E-state index in [0.717, 1.165) is 24.8 Å². The predicted octanol–water partition coefficient (Wildman–Crippen LogP) is 2.71. The highest BCUT2D eigenvalue weighted by Crippen LogP contribution is 2.31. The molecule has 0 spiro atoms. The van der Waals surface area contributed by atoms with Crippen molar-refractivity contribution < 1.29 is 17.9 Å². The van der Waals surface area contributed by atoms with Crippen LogP contribution in [0.3, 0.4) is 0 Å². The first-order valence-corrected chi connectivity index (χ1v) is 12.3. The van der Waals surface area contributed by atoms with Crippen LogP contribution in [-0.4, -0.2) is 58.3 Å². The van der Waals surface area contributed by atoms with Gasteiger partial charge >= 0.3 is 0 Å². The lowest BCUT2D eigenvalue weighted by Gasteiger charge is -2.36. The van der Waals surface area contributed by atoms with Crippen molar-refractivity contribution >= 4 is 21.4 Å². The minimum atomic E-state index is -3.43. The molecule has 4 rings (SSSR count). The van der Waals surface area contributed by atoms with Crippen molar-refractivity contribution in [3.05, 3.63) is 53.6 Å². The summed E-state index contributed by atoms with van der Waals surface area (Å²) < 4.78 is 29.9. The van der Waals surface area contributed by atoms with Crippen molar-refractivity contribution in [1.82, 2.24) is 4.90 Å². The number of carbonyl (C=O) groups excluding carboxylic acids is 1. The molecule has 0 unspecified atom stereocenters. The highest BCUT2D eigenvalue weighted by Gasteiger charge is 2.27. The molecule has 1 heterocycles. The summed E-state index contributed by atoms with van der Waals surface area (Å²) in [6.45, 7) is 2.89. The summed E-state index contributed by atoms with van der Waals surface area (Å²) in [5.74, 6) is 0.753. The van der Waals surface area contributed by atoms with Crippen LogP contribution in [0.25, 0.3) is 0 Å². The number of benzene rings is 2. The van der Waals surface area contributed by atoms with Crippen LogP contribution in [0.5, 0.6) is 5.75 Å². The quantitative estimate of drug-likeness (QED) is 0.687. The first kappa shape index (κ1) is 21.2. The second kappa shape index (κ2) is 8.60. The number of nitriles is 1. The summed E-state index contributed by atoms with van der Waals surface area (Å²) in [7, 11) is -3.43. The van der Waals surface area contributed by atoms with Crippen LogP contribution in [0, 0.1) is 17.2 Å². The molecule has 2 aliphatic rings. The average molecular weight is 440 g/mol. The Morgan fingerprint density at radius 2 is 1.77 bits per heavy atom. The Labute approximate surface area is 182 Å². The fourth-order valence-corrected chi connectivity index (χ4v) is 4.26. The fraction of sp³-hybridized carbons (Fsp3) is 0.391. The standard InChI is InChI=1S/C23H25N3O4S/c1-31(28,29)20-8-9-22(30-16-18-2-3-18)21(14-20)23(27)26-12-10-25(11-13-26)19-6-4-17(15-24)5-7-19/h4-9,14,18H,2-3,10-13,16H2,1H3. The van der Waals surface area contributed by atoms with E-state index in [1.54, 1.807) is 23.1 Å². The van der Waals surface area contributed by atoms with Crippen molar-refractivity contribution in [3.63, 3.8) is 0 Å². The Bertz CT molecular complexity index is 1110. The summed E-state index contributed by atoms with van der Waals surface area (Å²) in [6, 6.07) is 14.0. The Morgan fingerprint density at radius 3 is 2.35 bits per heavy atom. The highest BCUT2D eigenvalue weighted by molar-refractivity contribution is 7.90. The van der Waals surface area contributed by atoms with Gasteiger partial charge in [-0.1, -0.05) is 0 Å². The Hall–Kier alpha value is -3.05. The summed E-state index contributed by atoms with van der Waals surface area (Å²) in [5.41, 5.74) is 1.93. The molecular formula is C23H25N3O4S. The van der Waals surface area contributed by atoms with Crippen molar-refractivity contribution in [2.24, 2.45) is 5.92 Å². The largest absolute Gasteiger partial charge is 0.492 e. The van der Waals surface area contributed by atoms with Gasteiger partial charge in [-0.15, -0.1) is 0 Å². The lowest BCUT2D eigenvalue weighted by atomic mass is 10.1. The number of nitrogens with zero attached hydrogens (tertiary/aromatic N) is 3. The van der Waals surface area contributed by atoms with Crippen molar-refractivity contribution in [2.45, 2.75) is 17.7 Å². The van der Waals surface area contributed by atoms with Crippen molar-refractivity contribution in [3.8, 4) is 11.8 Å². The van der Waals surface area contributed by atoms with Gasteiger partial charge in [0, 0.05) is 38.1 Å². The number of rotatable bonds is 6. The number of piperazine rings is 1. The lowest BCUT2D eigenvalue weighted by molar-refractivity contribution is 0.0741. The molecule has 2 aromatic rings. The van der Waals surface area contributed by atoms with Gasteiger partial charge < -0.3 is 14.5 Å². The van der Waals surface area contributed by atoms with E-state index in [9.17, 15) is 13.2 Å². The van der Waals surface area contributed by atoms with Gasteiger partial charge in [0.2, 0.25) is 0 Å². The molecule has 0 radical (unpaired) electrons. The van der Waals surface area contributed by atoms with Gasteiger partial charge in [-0.25, -0.2) is 8.42 Å². The van der Waals surface area contributed by atoms with Crippen LogP contribution in [0.4, 0.5) is 5.69 Å². The lowest BCUT2D eigenvalue weighted by Crippen LogP contribution is -2.48. The normalized spacial score (nSPS) is 16.6. The number of anilines is 1. The monoisotopic (exact) mass is 439 g/mol. The zero-order valence-electron chi connectivity index (χ0n) is 17.5. The third-order valence-corrected chi connectivity index (χ3v) is 6.82. The van der Waals surface area contributed by atoms with Crippen LogP contribution in [0.2, 0.25) is 0 Å². The molecule has 0 aromatic heterocycles. The van der Waals surface area contributed by atoms with E-state index < -0.39 is 9.84 Å². The third kappa shape index (κ3) is 5.00. The number of hydrogen-bond acceptors (Lipinski definition) is 6. The molecule has 1 saturated carbocycles. The van der Waals surface area contributed by atoms with E-state index in [2.05, 4.69) is 11.0 Å². The van der Waals surface area contributed by atoms with Gasteiger partial charge in [-0.05, 0) is 61.2 Å². The summed E-state index contributed by atoms with van der Waals surface area (Å²) >= 11 is 0. The van der Waals surface area contributed by atoms with Gasteiger partial charge in [0.15, 0.2) is 9.84 Å². The molecule has 1 aliphatic heterocycles. The van der Waals surface area contributed by atoms with E-state index in [-0.39, 0.29) is 10.8 Å². The zero-order chi connectivity index (χ0) is 22.0.